The third-order valence-electron chi connectivity index (χ3n) is 2.87. The molecule has 0 atom stereocenters. The molecule has 122 valence electrons. The highest BCUT2D eigenvalue weighted by molar-refractivity contribution is 5.92. The fourth-order valence-electron chi connectivity index (χ4n) is 1.76. The number of hydrogen-bond donors (Lipinski definition) is 1. The molecule has 0 fully saturated rings. The number of carbonyl (C=O) groups is 2. The van der Waals surface area contributed by atoms with Gasteiger partial charge in [-0.25, -0.2) is 9.18 Å². The summed E-state index contributed by atoms with van der Waals surface area (Å²) in [6, 6.07) is 14.0. The van der Waals surface area contributed by atoms with Crippen LogP contribution >= 0.6 is 0 Å². The Labute approximate surface area is 137 Å². The van der Waals surface area contributed by atoms with Crippen LogP contribution in [-0.4, -0.2) is 25.1 Å². The molecule has 2 rings (SSSR count). The van der Waals surface area contributed by atoms with Gasteiger partial charge in [-0.1, -0.05) is 24.3 Å². The highest BCUT2D eigenvalue weighted by atomic mass is 19.1. The average Bonchev–Trinajstić information content (AvgIpc) is 2.60. The first-order chi connectivity index (χ1) is 11.6. The number of nitrogens with zero attached hydrogens (tertiary/aromatic N) is 1. The van der Waals surface area contributed by atoms with Gasteiger partial charge >= 0.3 is 5.97 Å². The van der Waals surface area contributed by atoms with E-state index in [1.54, 1.807) is 24.3 Å². The molecule has 7 heteroatoms. The molecular formula is C17H13FN2O4. The molecule has 0 bridgehead atoms. The van der Waals surface area contributed by atoms with Crippen LogP contribution in [0.25, 0.3) is 0 Å². The molecule has 0 aromatic heterocycles. The number of halogens is 1. The summed E-state index contributed by atoms with van der Waals surface area (Å²) in [6.45, 7) is -1.03. The van der Waals surface area contributed by atoms with Crippen LogP contribution in [0, 0.1) is 17.1 Å². The number of para-hydroxylation sites is 2. The van der Waals surface area contributed by atoms with Crippen molar-refractivity contribution in [1.82, 2.24) is 0 Å². The Kier molecular flexibility index (Phi) is 5.86. The smallest absolute Gasteiger partial charge is 0.344 e. The predicted octanol–water partition coefficient (Wildman–Crippen LogP) is 2.26. The molecule has 0 saturated carbocycles. The molecule has 0 spiro atoms. The second-order valence-electron chi connectivity index (χ2n) is 4.59. The molecule has 1 amide bonds. The predicted molar refractivity (Wildman–Crippen MR) is 82.6 cm³/mol. The average molecular weight is 328 g/mol. The van der Waals surface area contributed by atoms with E-state index >= 15 is 0 Å². The van der Waals surface area contributed by atoms with Crippen molar-refractivity contribution in [1.29, 1.82) is 5.26 Å². The van der Waals surface area contributed by atoms with Crippen LogP contribution in [0.3, 0.4) is 0 Å². The van der Waals surface area contributed by atoms with Crippen LogP contribution in [0.5, 0.6) is 5.75 Å². The monoisotopic (exact) mass is 328 g/mol. The molecule has 0 heterocycles. The lowest BCUT2D eigenvalue weighted by Crippen LogP contribution is -2.24. The van der Waals surface area contributed by atoms with E-state index in [0.29, 0.717) is 0 Å². The number of nitrogens with one attached hydrogen (secondary N) is 1. The highest BCUT2D eigenvalue weighted by Crippen LogP contribution is 2.16. The first-order valence-corrected chi connectivity index (χ1v) is 6.92. The number of esters is 1. The van der Waals surface area contributed by atoms with E-state index in [1.165, 1.54) is 24.3 Å². The fourth-order valence-corrected chi connectivity index (χ4v) is 1.76. The van der Waals surface area contributed by atoms with Crippen LogP contribution in [0.1, 0.15) is 5.56 Å². The quantitative estimate of drug-likeness (QED) is 0.822. The lowest BCUT2D eigenvalue weighted by Gasteiger charge is -2.09. The number of benzene rings is 2. The third kappa shape index (κ3) is 4.81. The SMILES string of the molecule is N#Cc1ccccc1OCC(=O)OCC(=O)Nc1ccccc1F. The number of hydrogen-bond acceptors (Lipinski definition) is 5. The maximum atomic E-state index is 13.4. The first kappa shape index (κ1) is 17.0. The van der Waals surface area contributed by atoms with Crippen molar-refractivity contribution in [2.75, 3.05) is 18.5 Å². The summed E-state index contributed by atoms with van der Waals surface area (Å²) >= 11 is 0. The maximum Gasteiger partial charge on any atom is 0.344 e. The summed E-state index contributed by atoms with van der Waals surface area (Å²) < 4.78 is 23.3. The van der Waals surface area contributed by atoms with Gasteiger partial charge in [0.25, 0.3) is 5.91 Å². The molecule has 0 aliphatic rings. The van der Waals surface area contributed by atoms with E-state index in [4.69, 9.17) is 14.7 Å². The molecule has 24 heavy (non-hydrogen) atoms. The van der Waals surface area contributed by atoms with Gasteiger partial charge in [-0.3, -0.25) is 4.79 Å². The van der Waals surface area contributed by atoms with Crippen LogP contribution in [0.15, 0.2) is 48.5 Å². The van der Waals surface area contributed by atoms with Crippen LogP contribution in [0.4, 0.5) is 10.1 Å². The summed E-state index contributed by atoms with van der Waals surface area (Å²) in [5.74, 6) is -1.81. The number of anilines is 1. The minimum atomic E-state index is -0.786. The Morgan fingerprint density at radius 3 is 2.54 bits per heavy atom. The van der Waals surface area contributed by atoms with E-state index in [-0.39, 0.29) is 17.0 Å². The lowest BCUT2D eigenvalue weighted by atomic mass is 10.2. The first-order valence-electron chi connectivity index (χ1n) is 6.92. The Hall–Kier alpha value is -3.40. The summed E-state index contributed by atoms with van der Waals surface area (Å²) in [5.41, 5.74) is 0.278. The standard InChI is InChI=1S/C17H13FN2O4/c18-13-6-2-3-7-14(13)20-16(21)10-24-17(22)11-23-15-8-4-1-5-12(15)9-19/h1-8H,10-11H2,(H,20,21). The molecule has 0 aliphatic heterocycles. The number of carbonyl (C=O) groups excluding carboxylic acids is 2. The Balaban J connectivity index is 1.78. The zero-order chi connectivity index (χ0) is 17.4. The van der Waals surface area contributed by atoms with E-state index < -0.39 is 30.9 Å². The van der Waals surface area contributed by atoms with Crippen molar-refractivity contribution >= 4 is 17.6 Å². The van der Waals surface area contributed by atoms with E-state index in [0.717, 1.165) is 0 Å². The van der Waals surface area contributed by atoms with Crippen molar-refractivity contribution in [3.8, 4) is 11.8 Å². The normalized spacial score (nSPS) is 9.67. The van der Waals surface area contributed by atoms with Gasteiger partial charge in [0.05, 0.1) is 11.3 Å². The molecule has 2 aromatic carbocycles. The van der Waals surface area contributed by atoms with Gasteiger partial charge in [0, 0.05) is 0 Å². The largest absolute Gasteiger partial charge is 0.481 e. The molecular weight excluding hydrogens is 315 g/mol. The van der Waals surface area contributed by atoms with Crippen LogP contribution < -0.4 is 10.1 Å². The van der Waals surface area contributed by atoms with Crippen molar-refractivity contribution in [3.63, 3.8) is 0 Å². The summed E-state index contributed by atoms with van der Waals surface area (Å²) in [4.78, 5) is 23.2. The Morgan fingerprint density at radius 1 is 1.08 bits per heavy atom. The number of amides is 1. The van der Waals surface area contributed by atoms with Gasteiger partial charge in [-0.15, -0.1) is 0 Å². The Morgan fingerprint density at radius 2 is 1.79 bits per heavy atom. The summed E-state index contributed by atoms with van der Waals surface area (Å²) in [7, 11) is 0. The summed E-state index contributed by atoms with van der Waals surface area (Å²) in [6.07, 6.45) is 0. The molecule has 0 unspecified atom stereocenters. The topological polar surface area (TPSA) is 88.4 Å². The second-order valence-corrected chi connectivity index (χ2v) is 4.59. The molecule has 6 nitrogen and oxygen atoms in total. The number of rotatable bonds is 6. The van der Waals surface area contributed by atoms with Crippen LogP contribution in [-0.2, 0) is 14.3 Å². The van der Waals surface area contributed by atoms with Crippen molar-refractivity contribution < 1.29 is 23.5 Å². The lowest BCUT2D eigenvalue weighted by molar-refractivity contribution is -0.149. The van der Waals surface area contributed by atoms with Gasteiger partial charge in [0.2, 0.25) is 0 Å². The van der Waals surface area contributed by atoms with Gasteiger partial charge in [-0.05, 0) is 24.3 Å². The third-order valence-corrected chi connectivity index (χ3v) is 2.87. The highest BCUT2D eigenvalue weighted by Gasteiger charge is 2.11. The summed E-state index contributed by atoms with van der Waals surface area (Å²) in [5, 5.41) is 11.2. The van der Waals surface area contributed by atoms with Crippen molar-refractivity contribution in [2.24, 2.45) is 0 Å². The van der Waals surface area contributed by atoms with Gasteiger partial charge in [-0.2, -0.15) is 5.26 Å². The van der Waals surface area contributed by atoms with E-state index in [2.05, 4.69) is 5.32 Å². The van der Waals surface area contributed by atoms with E-state index in [9.17, 15) is 14.0 Å². The van der Waals surface area contributed by atoms with Gasteiger partial charge in [0.1, 0.15) is 17.6 Å². The van der Waals surface area contributed by atoms with Crippen molar-refractivity contribution in [2.45, 2.75) is 0 Å². The van der Waals surface area contributed by atoms with Crippen molar-refractivity contribution in [3.05, 3.63) is 59.9 Å². The van der Waals surface area contributed by atoms with Gasteiger partial charge in [0.15, 0.2) is 13.2 Å². The van der Waals surface area contributed by atoms with E-state index in [1.807, 2.05) is 6.07 Å². The minimum Gasteiger partial charge on any atom is -0.481 e. The molecule has 0 radical (unpaired) electrons. The number of ether oxygens (including phenoxy) is 2. The molecule has 2 aromatic rings. The van der Waals surface area contributed by atoms with Crippen LogP contribution in [0.2, 0.25) is 0 Å². The molecule has 1 N–H and O–H groups in total. The fraction of sp³-hybridized carbons (Fsp3) is 0.118. The molecule has 0 saturated heterocycles. The molecule has 0 aliphatic carbocycles. The second kappa shape index (κ2) is 8.29. The minimum absolute atomic E-state index is 0.00209. The Bertz CT molecular complexity index is 786. The number of nitriles is 1. The van der Waals surface area contributed by atoms with Gasteiger partial charge < -0.3 is 14.8 Å². The maximum absolute atomic E-state index is 13.4. The zero-order valence-electron chi connectivity index (χ0n) is 12.5. The zero-order valence-corrected chi connectivity index (χ0v) is 12.5.